The number of carbonyl (C=O) groups excluding carboxylic acids is 1. The van der Waals surface area contributed by atoms with Gasteiger partial charge >= 0.3 is 0 Å². The van der Waals surface area contributed by atoms with Crippen LogP contribution in [0.25, 0.3) is 0 Å². The molecule has 0 saturated carbocycles. The highest BCUT2D eigenvalue weighted by molar-refractivity contribution is 5.78. The van der Waals surface area contributed by atoms with Gasteiger partial charge in [-0.15, -0.1) is 0 Å². The Morgan fingerprint density at radius 2 is 1.71 bits per heavy atom. The Labute approximate surface area is 148 Å². The highest BCUT2D eigenvalue weighted by atomic mass is 16.2. The summed E-state index contributed by atoms with van der Waals surface area (Å²) in [7, 11) is 2.18. The number of nitrogens with one attached hydrogen (secondary N) is 1. The summed E-state index contributed by atoms with van der Waals surface area (Å²) in [6.07, 6.45) is 2.28. The zero-order chi connectivity index (χ0) is 17.9. The molecule has 0 aromatic heterocycles. The van der Waals surface area contributed by atoms with E-state index in [1.165, 1.54) is 11.1 Å². The Kier molecular flexibility index (Phi) is 9.65. The molecule has 1 N–H and O–H groups in total. The molecule has 0 radical (unpaired) electrons. The summed E-state index contributed by atoms with van der Waals surface area (Å²) in [6, 6.07) is 9.32. The van der Waals surface area contributed by atoms with E-state index in [1.807, 2.05) is 32.6 Å². The molecule has 1 amide bonds. The lowest BCUT2D eigenvalue weighted by Gasteiger charge is -2.31. The van der Waals surface area contributed by atoms with Crippen molar-refractivity contribution in [1.29, 1.82) is 0 Å². The number of piperazine rings is 1. The second-order valence-corrected chi connectivity index (χ2v) is 5.87. The molecule has 2 aliphatic rings. The maximum Gasteiger partial charge on any atom is 0.236 e. The fourth-order valence-electron chi connectivity index (χ4n) is 3.19. The number of benzene rings is 1. The van der Waals surface area contributed by atoms with E-state index in [0.29, 0.717) is 12.6 Å². The summed E-state index contributed by atoms with van der Waals surface area (Å²) in [6.45, 7) is 12.1. The van der Waals surface area contributed by atoms with Gasteiger partial charge in [-0.2, -0.15) is 0 Å². The van der Waals surface area contributed by atoms with Gasteiger partial charge in [-0.3, -0.25) is 4.79 Å². The number of hydrogen-bond acceptors (Lipinski definition) is 3. The van der Waals surface area contributed by atoms with Crippen LogP contribution in [-0.4, -0.2) is 61.5 Å². The van der Waals surface area contributed by atoms with Gasteiger partial charge in [0.15, 0.2) is 0 Å². The molecule has 1 fully saturated rings. The smallest absolute Gasteiger partial charge is 0.236 e. The predicted octanol–water partition coefficient (Wildman–Crippen LogP) is 2.57. The van der Waals surface area contributed by atoms with Crippen molar-refractivity contribution in [2.45, 2.75) is 46.6 Å². The van der Waals surface area contributed by atoms with E-state index in [1.54, 1.807) is 0 Å². The Morgan fingerprint density at radius 3 is 2.25 bits per heavy atom. The molecule has 1 aliphatic carbocycles. The van der Waals surface area contributed by atoms with Gasteiger partial charge in [0.1, 0.15) is 0 Å². The third kappa shape index (κ3) is 5.60. The van der Waals surface area contributed by atoms with Crippen LogP contribution in [0, 0.1) is 0 Å². The Balaban J connectivity index is 0.000000671. The Hall–Kier alpha value is -1.39. The molecule has 1 heterocycles. The summed E-state index contributed by atoms with van der Waals surface area (Å²) >= 11 is 0. The fourth-order valence-corrected chi connectivity index (χ4v) is 3.19. The van der Waals surface area contributed by atoms with Gasteiger partial charge in [0.2, 0.25) is 5.91 Å². The van der Waals surface area contributed by atoms with Crippen molar-refractivity contribution in [3.8, 4) is 0 Å². The first kappa shape index (κ1) is 20.7. The molecule has 1 saturated heterocycles. The van der Waals surface area contributed by atoms with Crippen molar-refractivity contribution in [1.82, 2.24) is 15.1 Å². The summed E-state index contributed by atoms with van der Waals surface area (Å²) < 4.78 is 0. The number of carbonyl (C=O) groups is 1. The quantitative estimate of drug-likeness (QED) is 0.920. The average Bonchev–Trinajstić information content (AvgIpc) is 3.08. The van der Waals surface area contributed by atoms with Gasteiger partial charge in [-0.25, -0.2) is 0 Å². The lowest BCUT2D eigenvalue weighted by Crippen LogP contribution is -2.50. The average molecular weight is 334 g/mol. The van der Waals surface area contributed by atoms with Crippen LogP contribution in [0.3, 0.4) is 0 Å². The zero-order valence-electron chi connectivity index (χ0n) is 16.1. The highest BCUT2D eigenvalue weighted by Gasteiger charge is 2.25. The summed E-state index contributed by atoms with van der Waals surface area (Å²) in [5.41, 5.74) is 2.98. The van der Waals surface area contributed by atoms with Crippen LogP contribution in [0.4, 0.5) is 0 Å². The van der Waals surface area contributed by atoms with E-state index in [2.05, 4.69) is 41.5 Å². The van der Waals surface area contributed by atoms with Crippen LogP contribution in [-0.2, 0) is 17.6 Å². The maximum absolute atomic E-state index is 11.8. The first-order chi connectivity index (χ1) is 11.7. The molecule has 0 bridgehead atoms. The summed E-state index contributed by atoms with van der Waals surface area (Å²) in [4.78, 5) is 16.1. The van der Waals surface area contributed by atoms with E-state index in [9.17, 15) is 4.79 Å². The standard InChI is InChI=1S/C16H23N3O.2C2H6/c1-18(8-9-19-7-6-17-12-16(19)20)15-10-13-4-2-3-5-14(13)11-15;2*1-2/h2-5,15,17H,6-12H2,1H3;2*1-2H3. The second kappa shape index (κ2) is 11.2. The molecule has 1 aromatic rings. The highest BCUT2D eigenvalue weighted by Crippen LogP contribution is 2.24. The first-order valence-electron chi connectivity index (χ1n) is 9.49. The van der Waals surface area contributed by atoms with Gasteiger partial charge in [0.25, 0.3) is 0 Å². The van der Waals surface area contributed by atoms with Crippen LogP contribution in [0.1, 0.15) is 38.8 Å². The third-order valence-corrected chi connectivity index (χ3v) is 4.56. The Bertz CT molecular complexity index is 465. The number of nitrogens with zero attached hydrogens (tertiary/aromatic N) is 2. The minimum Gasteiger partial charge on any atom is -0.339 e. The molecule has 0 spiro atoms. The monoisotopic (exact) mass is 333 g/mol. The molecule has 4 heteroatoms. The number of fused-ring (bicyclic) bond motifs is 1. The molecule has 136 valence electrons. The summed E-state index contributed by atoms with van der Waals surface area (Å²) in [5, 5.41) is 3.11. The van der Waals surface area contributed by atoms with Crippen molar-refractivity contribution >= 4 is 5.91 Å². The van der Waals surface area contributed by atoms with E-state index in [0.717, 1.165) is 39.0 Å². The SMILES string of the molecule is CC.CC.CN(CCN1CCNCC1=O)C1Cc2ccccc2C1. The lowest BCUT2D eigenvalue weighted by molar-refractivity contribution is -0.132. The van der Waals surface area contributed by atoms with Crippen LogP contribution in [0.2, 0.25) is 0 Å². The van der Waals surface area contributed by atoms with Gasteiger partial charge in [0, 0.05) is 32.2 Å². The number of hydrogen-bond donors (Lipinski definition) is 1. The van der Waals surface area contributed by atoms with Crippen LogP contribution in [0.15, 0.2) is 24.3 Å². The molecule has 0 atom stereocenters. The Morgan fingerprint density at radius 1 is 1.12 bits per heavy atom. The van der Waals surface area contributed by atoms with Crippen LogP contribution in [0.5, 0.6) is 0 Å². The van der Waals surface area contributed by atoms with Gasteiger partial charge in [0.05, 0.1) is 6.54 Å². The molecule has 24 heavy (non-hydrogen) atoms. The van der Waals surface area contributed by atoms with Crippen molar-refractivity contribution in [2.75, 3.05) is 39.8 Å². The summed E-state index contributed by atoms with van der Waals surface area (Å²) in [5.74, 6) is 0.236. The molecular formula is C20H35N3O. The van der Waals surface area contributed by atoms with Crippen molar-refractivity contribution in [3.05, 3.63) is 35.4 Å². The van der Waals surface area contributed by atoms with E-state index >= 15 is 0 Å². The van der Waals surface area contributed by atoms with Crippen LogP contribution >= 0.6 is 0 Å². The largest absolute Gasteiger partial charge is 0.339 e. The van der Waals surface area contributed by atoms with E-state index in [4.69, 9.17) is 0 Å². The minimum absolute atomic E-state index is 0.236. The molecule has 0 unspecified atom stereocenters. The molecule has 4 nitrogen and oxygen atoms in total. The zero-order valence-corrected chi connectivity index (χ0v) is 16.1. The molecule has 1 aliphatic heterocycles. The van der Waals surface area contributed by atoms with Gasteiger partial charge < -0.3 is 15.1 Å². The third-order valence-electron chi connectivity index (χ3n) is 4.56. The number of amides is 1. The first-order valence-corrected chi connectivity index (χ1v) is 9.49. The topological polar surface area (TPSA) is 35.6 Å². The van der Waals surface area contributed by atoms with E-state index < -0.39 is 0 Å². The second-order valence-electron chi connectivity index (χ2n) is 5.87. The molecule has 1 aromatic carbocycles. The maximum atomic E-state index is 11.8. The van der Waals surface area contributed by atoms with Crippen molar-refractivity contribution < 1.29 is 4.79 Å². The van der Waals surface area contributed by atoms with Gasteiger partial charge in [-0.05, 0) is 31.0 Å². The van der Waals surface area contributed by atoms with Gasteiger partial charge in [-0.1, -0.05) is 52.0 Å². The lowest BCUT2D eigenvalue weighted by atomic mass is 10.1. The van der Waals surface area contributed by atoms with Crippen molar-refractivity contribution in [3.63, 3.8) is 0 Å². The molecular weight excluding hydrogens is 298 g/mol. The van der Waals surface area contributed by atoms with Crippen molar-refractivity contribution in [2.24, 2.45) is 0 Å². The van der Waals surface area contributed by atoms with E-state index in [-0.39, 0.29) is 5.91 Å². The predicted molar refractivity (Wildman–Crippen MR) is 102 cm³/mol. The minimum atomic E-state index is 0.236. The molecule has 3 rings (SSSR count). The number of likely N-dealkylation sites (N-methyl/N-ethyl adjacent to an activating group) is 1. The normalized spacial score (nSPS) is 16.9. The van der Waals surface area contributed by atoms with Crippen LogP contribution < -0.4 is 5.32 Å². The fraction of sp³-hybridized carbons (Fsp3) is 0.650. The number of rotatable bonds is 4.